The Kier molecular flexibility index (Phi) is 3.57. The van der Waals surface area contributed by atoms with E-state index in [-0.39, 0.29) is 5.56 Å². The van der Waals surface area contributed by atoms with Gasteiger partial charge in [0.15, 0.2) is 0 Å². The fourth-order valence-electron chi connectivity index (χ4n) is 2.57. The highest BCUT2D eigenvalue weighted by Gasteiger charge is 2.12. The number of hydrogen-bond donors (Lipinski definition) is 0. The second-order valence-corrected chi connectivity index (χ2v) is 5.65. The molecular weight excluding hydrogens is 260 g/mol. The van der Waals surface area contributed by atoms with Gasteiger partial charge in [-0.15, -0.1) is 0 Å². The maximum Gasteiger partial charge on any atom is 0.260 e. The van der Waals surface area contributed by atoms with E-state index in [1.54, 1.807) is 10.8 Å². The van der Waals surface area contributed by atoms with Gasteiger partial charge in [0, 0.05) is 23.7 Å². The summed E-state index contributed by atoms with van der Waals surface area (Å²) in [5, 5.41) is 0.997. The number of hydrogen-bond acceptors (Lipinski definition) is 2. The first kappa shape index (κ1) is 13.6. The zero-order valence-electron chi connectivity index (χ0n) is 12.3. The van der Waals surface area contributed by atoms with Crippen molar-refractivity contribution in [1.29, 1.82) is 0 Å². The van der Waals surface area contributed by atoms with Crippen molar-refractivity contribution in [2.24, 2.45) is 5.92 Å². The van der Waals surface area contributed by atoms with Gasteiger partial charge in [-0.25, -0.2) is 4.98 Å². The molecule has 3 aromatic rings. The lowest BCUT2D eigenvalue weighted by Gasteiger charge is -2.14. The first-order valence-electron chi connectivity index (χ1n) is 7.21. The number of nitrogens with zero attached hydrogens (tertiary/aromatic N) is 2. The first-order valence-corrected chi connectivity index (χ1v) is 7.21. The van der Waals surface area contributed by atoms with Crippen LogP contribution in [0.5, 0.6) is 0 Å². The minimum atomic E-state index is 0.0288. The van der Waals surface area contributed by atoms with Crippen LogP contribution in [0.25, 0.3) is 22.2 Å². The molecule has 3 rings (SSSR count). The van der Waals surface area contributed by atoms with E-state index in [4.69, 9.17) is 0 Å². The van der Waals surface area contributed by atoms with E-state index in [2.05, 4.69) is 18.8 Å². The maximum absolute atomic E-state index is 12.8. The van der Waals surface area contributed by atoms with E-state index in [1.165, 1.54) is 0 Å². The number of aromatic nitrogens is 2. The van der Waals surface area contributed by atoms with Gasteiger partial charge in [-0.3, -0.25) is 9.36 Å². The molecule has 1 aromatic carbocycles. The second-order valence-electron chi connectivity index (χ2n) is 5.65. The van der Waals surface area contributed by atoms with Crippen molar-refractivity contribution in [2.75, 3.05) is 0 Å². The predicted molar refractivity (Wildman–Crippen MR) is 86.3 cm³/mol. The van der Waals surface area contributed by atoms with Gasteiger partial charge in [0.05, 0.1) is 0 Å². The summed E-state index contributed by atoms with van der Waals surface area (Å²) >= 11 is 0. The van der Waals surface area contributed by atoms with Gasteiger partial charge < -0.3 is 0 Å². The van der Waals surface area contributed by atoms with Gasteiger partial charge in [0.1, 0.15) is 5.65 Å². The molecule has 0 aliphatic carbocycles. The fourth-order valence-corrected chi connectivity index (χ4v) is 2.57. The van der Waals surface area contributed by atoms with Crippen LogP contribution in [-0.4, -0.2) is 9.55 Å². The van der Waals surface area contributed by atoms with Crippen molar-refractivity contribution < 1.29 is 0 Å². The van der Waals surface area contributed by atoms with Crippen molar-refractivity contribution in [3.8, 4) is 11.1 Å². The van der Waals surface area contributed by atoms with E-state index in [1.807, 2.05) is 48.5 Å². The Hall–Kier alpha value is -2.42. The average Bonchev–Trinajstić information content (AvgIpc) is 2.50. The lowest BCUT2D eigenvalue weighted by atomic mass is 10.1. The molecule has 0 aliphatic heterocycles. The van der Waals surface area contributed by atoms with Crippen molar-refractivity contribution in [2.45, 2.75) is 20.4 Å². The second kappa shape index (κ2) is 5.52. The van der Waals surface area contributed by atoms with Crippen molar-refractivity contribution in [3.05, 3.63) is 65.1 Å². The SMILES string of the molecule is CC(C)Cn1c(=O)c(-c2ccccc2)cc2cccnc21. The molecule has 2 heterocycles. The molecule has 0 atom stereocenters. The zero-order valence-corrected chi connectivity index (χ0v) is 12.3. The summed E-state index contributed by atoms with van der Waals surface area (Å²) in [6.07, 6.45) is 1.74. The third-order valence-corrected chi connectivity index (χ3v) is 3.48. The van der Waals surface area contributed by atoms with E-state index < -0.39 is 0 Å². The summed E-state index contributed by atoms with van der Waals surface area (Å²) in [7, 11) is 0. The Labute approximate surface area is 123 Å². The van der Waals surface area contributed by atoms with E-state index in [9.17, 15) is 4.79 Å². The van der Waals surface area contributed by atoms with Crippen LogP contribution in [0.1, 0.15) is 13.8 Å². The minimum Gasteiger partial charge on any atom is -0.292 e. The Morgan fingerprint density at radius 2 is 1.86 bits per heavy atom. The molecule has 0 N–H and O–H groups in total. The van der Waals surface area contributed by atoms with Gasteiger partial charge in [-0.1, -0.05) is 44.2 Å². The van der Waals surface area contributed by atoms with Crippen molar-refractivity contribution in [3.63, 3.8) is 0 Å². The van der Waals surface area contributed by atoms with Gasteiger partial charge in [-0.2, -0.15) is 0 Å². The standard InChI is InChI=1S/C18H18N2O/c1-13(2)12-20-17-15(9-6-10-19-17)11-16(18(20)21)14-7-4-3-5-8-14/h3-11,13H,12H2,1-2H3. The third kappa shape index (κ3) is 2.59. The summed E-state index contributed by atoms with van der Waals surface area (Å²) in [6.45, 7) is 4.89. The molecule has 0 aliphatic rings. The number of benzene rings is 1. The van der Waals surface area contributed by atoms with Crippen LogP contribution in [0.15, 0.2) is 59.5 Å². The molecular formula is C18H18N2O. The van der Waals surface area contributed by atoms with Crippen molar-refractivity contribution >= 4 is 11.0 Å². The number of rotatable bonds is 3. The minimum absolute atomic E-state index is 0.0288. The van der Waals surface area contributed by atoms with Crippen LogP contribution >= 0.6 is 0 Å². The van der Waals surface area contributed by atoms with Crippen LogP contribution < -0.4 is 5.56 Å². The largest absolute Gasteiger partial charge is 0.292 e. The van der Waals surface area contributed by atoms with E-state index in [0.29, 0.717) is 12.5 Å². The summed E-state index contributed by atoms with van der Waals surface area (Å²) < 4.78 is 1.79. The molecule has 106 valence electrons. The lowest BCUT2D eigenvalue weighted by molar-refractivity contribution is 0.521. The van der Waals surface area contributed by atoms with Gasteiger partial charge >= 0.3 is 0 Å². The lowest BCUT2D eigenvalue weighted by Crippen LogP contribution is -2.24. The molecule has 0 bridgehead atoms. The maximum atomic E-state index is 12.8. The molecule has 0 radical (unpaired) electrons. The molecule has 3 nitrogen and oxygen atoms in total. The molecule has 0 saturated heterocycles. The highest BCUT2D eigenvalue weighted by atomic mass is 16.1. The monoisotopic (exact) mass is 278 g/mol. The predicted octanol–water partition coefficient (Wildman–Crippen LogP) is 3.72. The average molecular weight is 278 g/mol. The highest BCUT2D eigenvalue weighted by molar-refractivity contribution is 5.81. The Balaban J connectivity index is 2.32. The quantitative estimate of drug-likeness (QED) is 0.732. The number of pyridine rings is 2. The summed E-state index contributed by atoms with van der Waals surface area (Å²) in [5.74, 6) is 0.388. The smallest absolute Gasteiger partial charge is 0.260 e. The topological polar surface area (TPSA) is 34.9 Å². The molecule has 0 spiro atoms. The summed E-state index contributed by atoms with van der Waals surface area (Å²) in [5.41, 5.74) is 2.47. The fraction of sp³-hybridized carbons (Fsp3) is 0.222. The third-order valence-electron chi connectivity index (χ3n) is 3.48. The molecule has 3 heteroatoms. The molecule has 0 saturated carbocycles. The van der Waals surface area contributed by atoms with Crippen LogP contribution in [0.2, 0.25) is 0 Å². The van der Waals surface area contributed by atoms with Crippen LogP contribution in [0.3, 0.4) is 0 Å². The van der Waals surface area contributed by atoms with Gasteiger partial charge in [-0.05, 0) is 29.7 Å². The number of fused-ring (bicyclic) bond motifs is 1. The van der Waals surface area contributed by atoms with Crippen LogP contribution in [-0.2, 0) is 6.54 Å². The molecule has 0 unspecified atom stereocenters. The molecule has 0 fully saturated rings. The summed E-state index contributed by atoms with van der Waals surface area (Å²) in [4.78, 5) is 17.2. The van der Waals surface area contributed by atoms with Crippen LogP contribution in [0, 0.1) is 5.92 Å². The van der Waals surface area contributed by atoms with E-state index in [0.717, 1.165) is 22.2 Å². The molecule has 21 heavy (non-hydrogen) atoms. The van der Waals surface area contributed by atoms with Gasteiger partial charge in [0.25, 0.3) is 5.56 Å². The van der Waals surface area contributed by atoms with Crippen molar-refractivity contribution in [1.82, 2.24) is 9.55 Å². The Bertz CT molecular complexity index is 819. The molecule has 0 amide bonds. The highest BCUT2D eigenvalue weighted by Crippen LogP contribution is 2.20. The molecule has 2 aromatic heterocycles. The normalized spacial score (nSPS) is 11.2. The van der Waals surface area contributed by atoms with Crippen LogP contribution in [0.4, 0.5) is 0 Å². The first-order chi connectivity index (χ1) is 10.2. The Morgan fingerprint density at radius 1 is 1.10 bits per heavy atom. The Morgan fingerprint density at radius 3 is 2.57 bits per heavy atom. The summed E-state index contributed by atoms with van der Waals surface area (Å²) in [6, 6.07) is 15.7. The van der Waals surface area contributed by atoms with Gasteiger partial charge in [0.2, 0.25) is 0 Å². The van der Waals surface area contributed by atoms with E-state index >= 15 is 0 Å². The zero-order chi connectivity index (χ0) is 14.8.